The first kappa shape index (κ1) is 19.1. The molecule has 0 bridgehead atoms. The Hall–Kier alpha value is -2.88. The van der Waals surface area contributed by atoms with Gasteiger partial charge in [0.2, 0.25) is 0 Å². The summed E-state index contributed by atoms with van der Waals surface area (Å²) in [5.41, 5.74) is 1.99. The van der Waals surface area contributed by atoms with E-state index >= 15 is 0 Å². The second-order valence-corrected chi connectivity index (χ2v) is 9.39. The molecule has 0 aliphatic rings. The average molecular weight is 453 g/mol. The molecule has 6 nitrogen and oxygen atoms in total. The Morgan fingerprint density at radius 1 is 1.30 bits per heavy atom. The first-order chi connectivity index (χ1) is 14.6. The molecule has 0 radical (unpaired) electrons. The van der Waals surface area contributed by atoms with E-state index < -0.39 is 0 Å². The van der Waals surface area contributed by atoms with Crippen molar-refractivity contribution in [2.45, 2.75) is 20.3 Å². The molecule has 5 rings (SSSR count). The van der Waals surface area contributed by atoms with E-state index in [9.17, 15) is 9.59 Å². The van der Waals surface area contributed by atoms with Gasteiger partial charge in [0.25, 0.3) is 11.5 Å². The highest BCUT2D eigenvalue weighted by Gasteiger charge is 2.19. The van der Waals surface area contributed by atoms with Crippen LogP contribution in [0.3, 0.4) is 0 Å². The van der Waals surface area contributed by atoms with Crippen molar-refractivity contribution in [3.63, 3.8) is 0 Å². The van der Waals surface area contributed by atoms with Crippen molar-refractivity contribution in [2.75, 3.05) is 5.32 Å². The van der Waals surface area contributed by atoms with Gasteiger partial charge in [-0.15, -0.1) is 34.0 Å². The Morgan fingerprint density at radius 3 is 2.93 bits per heavy atom. The number of aliphatic imine (C=N–C) groups is 1. The zero-order chi connectivity index (χ0) is 20.8. The number of anilines is 1. The smallest absolute Gasteiger partial charge is 0.274 e. The predicted molar refractivity (Wildman–Crippen MR) is 128 cm³/mol. The topological polar surface area (TPSA) is 75.8 Å². The summed E-state index contributed by atoms with van der Waals surface area (Å²) in [4.78, 5) is 36.5. The number of amides is 1. The Kier molecular flexibility index (Phi) is 4.73. The molecule has 150 valence electrons. The van der Waals surface area contributed by atoms with Gasteiger partial charge < -0.3 is 5.32 Å². The van der Waals surface area contributed by atoms with Crippen molar-refractivity contribution < 1.29 is 4.79 Å². The minimum absolute atomic E-state index is 0.134. The number of nitrogens with zero attached hydrogens (tertiary/aromatic N) is 3. The second kappa shape index (κ2) is 7.42. The number of nitrogens with one attached hydrogen (secondary N) is 1. The number of fused-ring (bicyclic) bond motifs is 4. The van der Waals surface area contributed by atoms with E-state index in [1.165, 1.54) is 34.0 Å². The highest BCUT2D eigenvalue weighted by Crippen LogP contribution is 2.32. The maximum absolute atomic E-state index is 13.3. The monoisotopic (exact) mass is 452 g/mol. The summed E-state index contributed by atoms with van der Waals surface area (Å²) in [5.74, 6) is -0.248. The summed E-state index contributed by atoms with van der Waals surface area (Å²) in [6, 6.07) is 5.54. The first-order valence-corrected chi connectivity index (χ1v) is 11.9. The molecule has 1 N–H and O–H groups in total. The number of rotatable bonds is 4. The molecule has 0 spiro atoms. The molecule has 1 amide bonds. The summed E-state index contributed by atoms with van der Waals surface area (Å²) in [7, 11) is 0. The van der Waals surface area contributed by atoms with Crippen molar-refractivity contribution in [3.05, 3.63) is 49.4 Å². The Bertz CT molecular complexity index is 1570. The number of hydrogen-bond acceptors (Lipinski definition) is 7. The van der Waals surface area contributed by atoms with Crippen molar-refractivity contribution in [2.24, 2.45) is 4.99 Å². The number of imidazole rings is 1. The van der Waals surface area contributed by atoms with E-state index in [-0.39, 0.29) is 11.5 Å². The van der Waals surface area contributed by atoms with Gasteiger partial charge in [-0.2, -0.15) is 0 Å². The molecule has 0 aliphatic carbocycles. The Labute approximate surface area is 182 Å². The highest BCUT2D eigenvalue weighted by atomic mass is 32.1. The third kappa shape index (κ3) is 2.89. The second-order valence-electron chi connectivity index (χ2n) is 6.55. The number of hydrogen-bond donors (Lipinski definition) is 1. The maximum Gasteiger partial charge on any atom is 0.274 e. The van der Waals surface area contributed by atoms with Gasteiger partial charge >= 0.3 is 0 Å². The van der Waals surface area contributed by atoms with Crippen LogP contribution in [-0.4, -0.2) is 21.5 Å². The van der Waals surface area contributed by atoms with Crippen LogP contribution in [0.4, 0.5) is 10.7 Å². The van der Waals surface area contributed by atoms with Crippen molar-refractivity contribution >= 4 is 89.0 Å². The van der Waals surface area contributed by atoms with Gasteiger partial charge in [-0.05, 0) is 42.3 Å². The Balaban J connectivity index is 1.70. The van der Waals surface area contributed by atoms with E-state index in [2.05, 4.69) is 16.4 Å². The molecular weight excluding hydrogens is 436 g/mol. The molecule has 0 fully saturated rings. The Morgan fingerprint density at radius 2 is 2.13 bits per heavy atom. The summed E-state index contributed by atoms with van der Waals surface area (Å²) in [5, 5.41) is 9.16. The molecule has 9 heteroatoms. The third-order valence-corrected chi connectivity index (χ3v) is 7.46. The van der Waals surface area contributed by atoms with Crippen LogP contribution < -0.4 is 16.1 Å². The van der Waals surface area contributed by atoms with Crippen LogP contribution in [0.25, 0.3) is 32.2 Å². The summed E-state index contributed by atoms with van der Waals surface area (Å²) in [6.45, 7) is 3.88. The van der Waals surface area contributed by atoms with E-state index in [1.807, 2.05) is 36.7 Å². The fourth-order valence-electron chi connectivity index (χ4n) is 3.48. The summed E-state index contributed by atoms with van der Waals surface area (Å²) in [6.07, 6.45) is 4.56. The quantitative estimate of drug-likeness (QED) is 0.387. The molecule has 0 aliphatic heterocycles. The van der Waals surface area contributed by atoms with E-state index in [0.717, 1.165) is 32.4 Å². The molecule has 30 heavy (non-hydrogen) atoms. The van der Waals surface area contributed by atoms with Gasteiger partial charge in [-0.1, -0.05) is 13.0 Å². The van der Waals surface area contributed by atoms with Gasteiger partial charge in [-0.25, -0.2) is 9.98 Å². The van der Waals surface area contributed by atoms with Crippen LogP contribution in [0.15, 0.2) is 38.7 Å². The van der Waals surface area contributed by atoms with Crippen LogP contribution in [-0.2, 0) is 0 Å². The van der Waals surface area contributed by atoms with Crippen LogP contribution in [0.5, 0.6) is 0 Å². The van der Waals surface area contributed by atoms with Crippen LogP contribution in [0, 0.1) is 0 Å². The van der Waals surface area contributed by atoms with Crippen molar-refractivity contribution in [1.82, 2.24) is 9.38 Å². The zero-order valence-corrected chi connectivity index (χ0v) is 18.6. The molecule has 0 saturated heterocycles. The molecule has 5 heterocycles. The van der Waals surface area contributed by atoms with Gasteiger partial charge in [-0.3, -0.25) is 14.0 Å². The predicted octanol–water partition coefficient (Wildman–Crippen LogP) is 5.07. The largest absolute Gasteiger partial charge is 0.319 e. The number of aromatic nitrogens is 2. The highest BCUT2D eigenvalue weighted by molar-refractivity contribution is 7.21. The fourth-order valence-corrected chi connectivity index (χ4v) is 5.97. The van der Waals surface area contributed by atoms with Gasteiger partial charge in [0.05, 0.1) is 16.1 Å². The lowest BCUT2D eigenvalue weighted by Gasteiger charge is -2.01. The lowest BCUT2D eigenvalue weighted by atomic mass is 10.2. The first-order valence-electron chi connectivity index (χ1n) is 9.35. The van der Waals surface area contributed by atoms with Gasteiger partial charge in [0, 0.05) is 16.8 Å². The van der Waals surface area contributed by atoms with E-state index in [1.54, 1.807) is 16.7 Å². The minimum atomic E-state index is -0.248. The van der Waals surface area contributed by atoms with E-state index in [0.29, 0.717) is 20.9 Å². The van der Waals surface area contributed by atoms with Crippen molar-refractivity contribution in [1.29, 1.82) is 0 Å². The molecule has 5 aromatic rings. The molecule has 0 unspecified atom stereocenters. The summed E-state index contributed by atoms with van der Waals surface area (Å²) >= 11 is 4.19. The number of thiophene rings is 3. The lowest BCUT2D eigenvalue weighted by molar-refractivity contribution is 0.103. The molecule has 0 aromatic carbocycles. The summed E-state index contributed by atoms with van der Waals surface area (Å²) < 4.78 is 2.23. The standard InChI is InChI=1S/C21H16N4O2S3/c1-3-5-11-12-10-15(18(26)23-13-6-8-28-19(13)22-4-2)30-16(12)21(27)25-14-7-9-29-20(14)24-17(11)25/h4-10H,3H2,1-2H3,(H,23,26)/b11-5+,22-4+. The molecule has 0 atom stereocenters. The zero-order valence-electron chi connectivity index (χ0n) is 16.1. The average Bonchev–Trinajstić information content (AvgIpc) is 3.49. The molecule has 0 saturated carbocycles. The van der Waals surface area contributed by atoms with Crippen LogP contribution >= 0.6 is 34.0 Å². The molecule has 5 aromatic heterocycles. The third-order valence-electron chi connectivity index (χ3n) is 4.72. The van der Waals surface area contributed by atoms with E-state index in [4.69, 9.17) is 4.98 Å². The number of pyridine rings is 1. The fraction of sp³-hybridized carbons (Fsp3) is 0.143. The maximum atomic E-state index is 13.3. The van der Waals surface area contributed by atoms with Gasteiger partial charge in [0.15, 0.2) is 0 Å². The lowest BCUT2D eigenvalue weighted by Crippen LogP contribution is -2.19. The molecular formula is C21H16N4O2S3. The van der Waals surface area contributed by atoms with Crippen LogP contribution in [0.1, 0.15) is 29.9 Å². The van der Waals surface area contributed by atoms with Crippen LogP contribution in [0.2, 0.25) is 0 Å². The number of carbonyl (C=O) groups is 1. The normalized spacial score (nSPS) is 12.8. The minimum Gasteiger partial charge on any atom is -0.319 e. The van der Waals surface area contributed by atoms with Gasteiger partial charge in [0.1, 0.15) is 20.2 Å². The SMILES string of the molecule is C/C=N/c1sccc1NC(=O)c1cc2/c(=C\CC)c3nc4sccc4n3c(=O)c2s1. The number of carbonyl (C=O) groups excluding carboxylic acids is 1. The van der Waals surface area contributed by atoms with Crippen molar-refractivity contribution in [3.8, 4) is 0 Å².